The molecule has 0 atom stereocenters. The first-order valence-corrected chi connectivity index (χ1v) is 9.92. The van der Waals surface area contributed by atoms with Gasteiger partial charge in [-0.3, -0.25) is 4.79 Å². The van der Waals surface area contributed by atoms with E-state index in [4.69, 9.17) is 9.47 Å². The van der Waals surface area contributed by atoms with Crippen molar-refractivity contribution >= 4 is 24.0 Å². The second-order valence-corrected chi connectivity index (χ2v) is 9.17. The fourth-order valence-corrected chi connectivity index (χ4v) is 2.90. The van der Waals surface area contributed by atoms with Gasteiger partial charge in [0.05, 0.1) is 6.54 Å². The van der Waals surface area contributed by atoms with Crippen molar-refractivity contribution in [1.82, 2.24) is 4.90 Å². The molecule has 6 nitrogen and oxygen atoms in total. The number of nitrogens with zero attached hydrogens (tertiary/aromatic N) is 1. The van der Waals surface area contributed by atoms with Crippen LogP contribution in [0.4, 0.5) is 9.59 Å². The average Bonchev–Trinajstić information content (AvgIpc) is 2.56. The first kappa shape index (κ1) is 22.7. The molecule has 0 aromatic heterocycles. The maximum Gasteiger partial charge on any atom is 0.420 e. The SMILES string of the molecule is CC(C)(C)OC(=O)N(C/C=C/c1ccc2c(c1)C(=O)CCC2)C(=O)OC(C)(C)C. The van der Waals surface area contributed by atoms with Gasteiger partial charge < -0.3 is 9.47 Å². The summed E-state index contributed by atoms with van der Waals surface area (Å²) in [7, 11) is 0. The Bertz CT molecular complexity index is 784. The van der Waals surface area contributed by atoms with E-state index in [-0.39, 0.29) is 12.3 Å². The number of benzene rings is 1. The molecule has 1 aliphatic carbocycles. The Morgan fingerprint density at radius 2 is 1.59 bits per heavy atom. The Balaban J connectivity index is 2.16. The smallest absolute Gasteiger partial charge is 0.420 e. The number of ketones is 1. The van der Waals surface area contributed by atoms with Gasteiger partial charge in [-0.05, 0) is 71.6 Å². The van der Waals surface area contributed by atoms with Crippen molar-refractivity contribution in [2.75, 3.05) is 6.54 Å². The molecule has 0 saturated heterocycles. The second-order valence-electron chi connectivity index (χ2n) is 9.17. The minimum Gasteiger partial charge on any atom is -0.443 e. The number of hydrogen-bond acceptors (Lipinski definition) is 5. The molecule has 0 heterocycles. The second kappa shape index (κ2) is 8.80. The molecule has 29 heavy (non-hydrogen) atoms. The van der Waals surface area contributed by atoms with Gasteiger partial charge in [0.2, 0.25) is 0 Å². The predicted molar refractivity (Wildman–Crippen MR) is 112 cm³/mol. The van der Waals surface area contributed by atoms with Crippen LogP contribution >= 0.6 is 0 Å². The standard InChI is InChI=1S/C23H31NO5/c1-22(2,3)28-20(26)24(21(27)29-23(4,5)6)14-8-9-16-12-13-17-10-7-11-19(25)18(17)15-16/h8-9,12-13,15H,7,10-11,14H2,1-6H3/b9-8+. The zero-order chi connectivity index (χ0) is 21.8. The topological polar surface area (TPSA) is 72.9 Å². The van der Waals surface area contributed by atoms with Gasteiger partial charge in [0.25, 0.3) is 0 Å². The van der Waals surface area contributed by atoms with Crippen LogP contribution in [0.1, 0.15) is 75.9 Å². The third-order valence-electron chi connectivity index (χ3n) is 4.11. The first-order valence-electron chi connectivity index (χ1n) is 9.92. The molecule has 0 fully saturated rings. The number of imide groups is 1. The molecule has 2 amide bonds. The fourth-order valence-electron chi connectivity index (χ4n) is 2.90. The predicted octanol–water partition coefficient (Wildman–Crippen LogP) is 5.39. The average molecular weight is 402 g/mol. The van der Waals surface area contributed by atoms with E-state index in [1.165, 1.54) is 0 Å². The lowest BCUT2D eigenvalue weighted by Crippen LogP contribution is -2.43. The minimum atomic E-state index is -0.767. The van der Waals surface area contributed by atoms with Crippen molar-refractivity contribution in [3.63, 3.8) is 0 Å². The van der Waals surface area contributed by atoms with Crippen LogP contribution in [-0.2, 0) is 15.9 Å². The molecule has 158 valence electrons. The molecule has 1 aromatic carbocycles. The molecule has 0 unspecified atom stereocenters. The maximum atomic E-state index is 12.5. The van der Waals surface area contributed by atoms with Gasteiger partial charge in [0, 0.05) is 12.0 Å². The van der Waals surface area contributed by atoms with Gasteiger partial charge >= 0.3 is 12.2 Å². The quantitative estimate of drug-likeness (QED) is 0.679. The van der Waals surface area contributed by atoms with Gasteiger partial charge in [0.15, 0.2) is 5.78 Å². The molecule has 0 saturated carbocycles. The van der Waals surface area contributed by atoms with Crippen LogP contribution in [0, 0.1) is 0 Å². The van der Waals surface area contributed by atoms with Gasteiger partial charge in [0.1, 0.15) is 11.2 Å². The largest absolute Gasteiger partial charge is 0.443 e. The Morgan fingerprint density at radius 1 is 1.00 bits per heavy atom. The summed E-state index contributed by atoms with van der Waals surface area (Å²) in [6, 6.07) is 5.75. The summed E-state index contributed by atoms with van der Waals surface area (Å²) in [6.45, 7) is 10.4. The van der Waals surface area contributed by atoms with Crippen LogP contribution in [0.5, 0.6) is 0 Å². The lowest BCUT2D eigenvalue weighted by molar-refractivity contribution is 0.00375. The molecule has 6 heteroatoms. The van der Waals surface area contributed by atoms with E-state index >= 15 is 0 Å². The highest BCUT2D eigenvalue weighted by molar-refractivity contribution is 5.99. The summed E-state index contributed by atoms with van der Waals surface area (Å²) in [4.78, 5) is 38.0. The number of amides is 2. The number of carbonyl (C=O) groups excluding carboxylic acids is 3. The first-order chi connectivity index (χ1) is 13.4. The molecule has 2 rings (SSSR count). The molecule has 0 radical (unpaired) electrons. The number of rotatable bonds is 3. The van der Waals surface area contributed by atoms with Crippen molar-refractivity contribution < 1.29 is 23.9 Å². The van der Waals surface area contributed by atoms with Crippen LogP contribution < -0.4 is 0 Å². The summed E-state index contributed by atoms with van der Waals surface area (Å²) in [5.41, 5.74) is 1.20. The number of hydrogen-bond donors (Lipinski definition) is 0. The molecule has 1 aliphatic rings. The highest BCUT2D eigenvalue weighted by atomic mass is 16.6. The number of carbonyl (C=O) groups is 3. The van der Waals surface area contributed by atoms with Crippen molar-refractivity contribution in [3.05, 3.63) is 41.0 Å². The number of fused-ring (bicyclic) bond motifs is 1. The van der Waals surface area contributed by atoms with Crippen LogP contribution in [0.2, 0.25) is 0 Å². The Labute approximate surface area is 172 Å². The summed E-state index contributed by atoms with van der Waals surface area (Å²) in [6.07, 6.45) is 4.31. The number of Topliss-reactive ketones (excluding diaryl/α,β-unsaturated/α-hetero) is 1. The van der Waals surface area contributed by atoms with E-state index in [2.05, 4.69) is 0 Å². The monoisotopic (exact) mass is 401 g/mol. The van der Waals surface area contributed by atoms with Crippen molar-refractivity contribution in [3.8, 4) is 0 Å². The highest BCUT2D eigenvalue weighted by Gasteiger charge is 2.30. The molecular weight excluding hydrogens is 370 g/mol. The molecular formula is C23H31NO5. The zero-order valence-corrected chi connectivity index (χ0v) is 18.2. The lowest BCUT2D eigenvalue weighted by Gasteiger charge is -2.28. The molecule has 0 N–H and O–H groups in total. The maximum absolute atomic E-state index is 12.5. The number of aryl methyl sites for hydroxylation is 1. The van der Waals surface area contributed by atoms with Crippen molar-refractivity contribution in [2.24, 2.45) is 0 Å². The minimum absolute atomic E-state index is 0.00510. The van der Waals surface area contributed by atoms with E-state index in [0.717, 1.165) is 34.4 Å². The van der Waals surface area contributed by atoms with Crippen LogP contribution in [0.3, 0.4) is 0 Å². The van der Waals surface area contributed by atoms with E-state index in [1.807, 2.05) is 18.2 Å². The van der Waals surface area contributed by atoms with Crippen molar-refractivity contribution in [1.29, 1.82) is 0 Å². The normalized spacial score (nSPS) is 14.5. The summed E-state index contributed by atoms with van der Waals surface area (Å²) in [5, 5.41) is 0. The third-order valence-corrected chi connectivity index (χ3v) is 4.11. The Kier molecular flexibility index (Phi) is 6.88. The van der Waals surface area contributed by atoms with Gasteiger partial charge in [-0.2, -0.15) is 0 Å². The van der Waals surface area contributed by atoms with Gasteiger partial charge in [-0.25, -0.2) is 14.5 Å². The Morgan fingerprint density at radius 3 is 2.14 bits per heavy atom. The van der Waals surface area contributed by atoms with Crippen LogP contribution in [0.15, 0.2) is 24.3 Å². The summed E-state index contributed by atoms with van der Waals surface area (Å²) >= 11 is 0. The fraction of sp³-hybridized carbons (Fsp3) is 0.522. The van der Waals surface area contributed by atoms with Crippen molar-refractivity contribution in [2.45, 2.75) is 72.0 Å². The van der Waals surface area contributed by atoms with E-state index in [0.29, 0.717) is 6.42 Å². The van der Waals surface area contributed by atoms with E-state index in [9.17, 15) is 14.4 Å². The van der Waals surface area contributed by atoms with Gasteiger partial charge in [-0.15, -0.1) is 0 Å². The molecule has 0 aliphatic heterocycles. The Hall–Kier alpha value is -2.63. The number of ether oxygens (including phenoxy) is 2. The lowest BCUT2D eigenvalue weighted by atomic mass is 9.89. The molecule has 1 aromatic rings. The molecule has 0 bridgehead atoms. The third kappa shape index (κ3) is 7.04. The highest BCUT2D eigenvalue weighted by Crippen LogP contribution is 2.23. The summed E-state index contributed by atoms with van der Waals surface area (Å²) < 4.78 is 10.7. The zero-order valence-electron chi connectivity index (χ0n) is 18.2. The molecule has 0 spiro atoms. The van der Waals surface area contributed by atoms with E-state index in [1.54, 1.807) is 53.7 Å². The van der Waals surface area contributed by atoms with Crippen LogP contribution in [-0.4, -0.2) is 40.6 Å². The summed E-state index contributed by atoms with van der Waals surface area (Å²) in [5.74, 6) is 0.158. The van der Waals surface area contributed by atoms with Gasteiger partial charge in [-0.1, -0.05) is 24.3 Å². The van der Waals surface area contributed by atoms with E-state index < -0.39 is 23.4 Å². The van der Waals surface area contributed by atoms with Crippen LogP contribution in [0.25, 0.3) is 6.08 Å².